The molecule has 5 aliphatic carbocycles. The van der Waals surface area contributed by atoms with Crippen molar-refractivity contribution >= 4 is 21.1 Å². The quantitative estimate of drug-likeness (QED) is 0.282. The van der Waals surface area contributed by atoms with Gasteiger partial charge in [-0.1, -0.05) is 123 Å². The average Bonchev–Trinajstić information content (AvgIpc) is 3.44. The van der Waals surface area contributed by atoms with Gasteiger partial charge in [-0.15, -0.1) is 0 Å². The highest BCUT2D eigenvalue weighted by Crippen LogP contribution is 2.65. The molecule has 4 saturated carbocycles. The first kappa shape index (κ1) is 28.0. The van der Waals surface area contributed by atoms with Crippen LogP contribution in [0.5, 0.6) is 0 Å². The van der Waals surface area contributed by atoms with Gasteiger partial charge < -0.3 is 0 Å². The molecule has 4 fully saturated rings. The molecule has 210 valence electrons. The van der Waals surface area contributed by atoms with Crippen LogP contribution in [0.4, 0.5) is 0 Å². The lowest BCUT2D eigenvalue weighted by atomic mass is 9.99. The smallest absolute Gasteiger partial charge is 0.00545 e. The third-order valence-corrected chi connectivity index (χ3v) is 18.5. The summed E-state index contributed by atoms with van der Waals surface area (Å²) < 4.78 is 0. The summed E-state index contributed by atoms with van der Waals surface area (Å²) in [5, 5.41) is 3.95. The highest BCUT2D eigenvalue weighted by molar-refractivity contribution is 7.67. The molecule has 38 heavy (non-hydrogen) atoms. The first-order valence-corrected chi connectivity index (χ1v) is 20.2. The molecule has 6 rings (SSSR count). The summed E-state index contributed by atoms with van der Waals surface area (Å²) in [6.45, 7) is 0. The fourth-order valence-electron chi connectivity index (χ4n) is 9.30. The summed E-state index contributed by atoms with van der Waals surface area (Å²) >= 11 is 0. The molecule has 0 radical (unpaired) electrons. The van der Waals surface area contributed by atoms with Crippen molar-refractivity contribution in [1.29, 1.82) is 0 Å². The van der Waals surface area contributed by atoms with Crippen LogP contribution in [-0.2, 0) is 6.42 Å². The third-order valence-electron chi connectivity index (χ3n) is 11.2. The molecule has 0 nitrogen and oxygen atoms in total. The molecule has 0 N–H and O–H groups in total. The van der Waals surface area contributed by atoms with Crippen molar-refractivity contribution in [3.63, 3.8) is 0 Å². The first-order valence-electron chi connectivity index (χ1n) is 17.2. The number of rotatable bonds is 8. The lowest BCUT2D eigenvalue weighted by Gasteiger charge is -2.40. The zero-order chi connectivity index (χ0) is 25.6. The van der Waals surface area contributed by atoms with Crippen LogP contribution >= 0.6 is 15.8 Å². The van der Waals surface area contributed by atoms with Crippen LogP contribution in [0.1, 0.15) is 153 Å². The maximum Gasteiger partial charge on any atom is -0.00545 e. The molecule has 0 unspecified atom stereocenters. The molecule has 0 aromatic heterocycles. The van der Waals surface area contributed by atoms with Gasteiger partial charge in [0, 0.05) is 0 Å². The van der Waals surface area contributed by atoms with Gasteiger partial charge in [-0.25, -0.2) is 0 Å². The lowest BCUT2D eigenvalue weighted by Crippen LogP contribution is -2.28. The Labute approximate surface area is 238 Å². The molecule has 1 aromatic carbocycles. The summed E-state index contributed by atoms with van der Waals surface area (Å²) in [6.07, 6.45) is 36.1. The highest BCUT2D eigenvalue weighted by atomic mass is 31.1. The van der Waals surface area contributed by atoms with E-state index in [1.165, 1.54) is 128 Å². The van der Waals surface area contributed by atoms with E-state index >= 15 is 0 Å². The Balaban J connectivity index is 1.31. The Hall–Kier alpha value is -0.180. The molecular weight excluding hydrogens is 494 g/mol. The molecule has 5 aliphatic rings. The van der Waals surface area contributed by atoms with Crippen LogP contribution in [0.25, 0.3) is 0 Å². The molecule has 2 heteroatoms. The fraction of sp³-hybridized carbons (Fsp3) is 0.778. The van der Waals surface area contributed by atoms with Crippen molar-refractivity contribution in [3.8, 4) is 0 Å². The van der Waals surface area contributed by atoms with Crippen LogP contribution in [0.2, 0.25) is 0 Å². The molecule has 0 aliphatic heterocycles. The van der Waals surface area contributed by atoms with Crippen LogP contribution in [0, 0.1) is 0 Å². The van der Waals surface area contributed by atoms with Gasteiger partial charge in [0.25, 0.3) is 0 Å². The van der Waals surface area contributed by atoms with Gasteiger partial charge in [0.15, 0.2) is 0 Å². The van der Waals surface area contributed by atoms with E-state index in [1.54, 1.807) is 31.2 Å². The largest absolute Gasteiger partial charge is 0.0734 e. The number of hydrogen-bond donors (Lipinski definition) is 0. The average molecular weight is 551 g/mol. The molecule has 0 amide bonds. The second kappa shape index (κ2) is 14.1. The van der Waals surface area contributed by atoms with Crippen molar-refractivity contribution in [2.75, 3.05) is 0 Å². The second-order valence-electron chi connectivity index (χ2n) is 13.7. The van der Waals surface area contributed by atoms with Gasteiger partial charge in [-0.2, -0.15) is 0 Å². The highest BCUT2D eigenvalue weighted by Gasteiger charge is 2.37. The van der Waals surface area contributed by atoms with Crippen LogP contribution in [-0.4, -0.2) is 22.6 Å². The van der Waals surface area contributed by atoms with Crippen LogP contribution < -0.4 is 5.30 Å². The Morgan fingerprint density at radius 2 is 0.921 bits per heavy atom. The summed E-state index contributed by atoms with van der Waals surface area (Å²) in [7, 11) is 0.0978. The first-order chi connectivity index (χ1) is 18.9. The molecule has 0 saturated heterocycles. The topological polar surface area (TPSA) is 0 Å². The van der Waals surface area contributed by atoms with Crippen molar-refractivity contribution < 1.29 is 0 Å². The van der Waals surface area contributed by atoms with Gasteiger partial charge in [0.05, 0.1) is 0 Å². The SMILES string of the molecule is c1ccc(P(C2CCCCC2)C2CCCCC2)c(CC2=C(P(C3CCCCC3)C3CCCCC3)CCC2)c1. The van der Waals surface area contributed by atoms with Crippen molar-refractivity contribution in [1.82, 2.24) is 0 Å². The van der Waals surface area contributed by atoms with Gasteiger partial charge in [0.2, 0.25) is 0 Å². The number of hydrogen-bond acceptors (Lipinski definition) is 0. The van der Waals surface area contributed by atoms with E-state index in [-0.39, 0.29) is 15.8 Å². The molecule has 0 bridgehead atoms. The Bertz CT molecular complexity index is 858. The van der Waals surface area contributed by atoms with Crippen molar-refractivity contribution in [3.05, 3.63) is 40.7 Å². The van der Waals surface area contributed by atoms with E-state index < -0.39 is 0 Å². The maximum atomic E-state index is 2.64. The monoisotopic (exact) mass is 550 g/mol. The molecule has 0 spiro atoms. The molecule has 0 atom stereocenters. The van der Waals surface area contributed by atoms with E-state index in [9.17, 15) is 0 Å². The van der Waals surface area contributed by atoms with Gasteiger partial charge in [-0.3, -0.25) is 0 Å². The van der Waals surface area contributed by atoms with Crippen molar-refractivity contribution in [2.24, 2.45) is 0 Å². The third kappa shape index (κ3) is 6.65. The Morgan fingerprint density at radius 3 is 1.42 bits per heavy atom. The van der Waals surface area contributed by atoms with E-state index in [4.69, 9.17) is 0 Å². The lowest BCUT2D eigenvalue weighted by molar-refractivity contribution is 0.485. The second-order valence-corrected chi connectivity index (χ2v) is 19.3. The molecule has 0 heterocycles. The van der Waals surface area contributed by atoms with Gasteiger partial charge in [-0.05, 0) is 116 Å². The van der Waals surface area contributed by atoms with E-state index in [2.05, 4.69) is 29.6 Å². The minimum Gasteiger partial charge on any atom is -0.0734 e. The van der Waals surface area contributed by atoms with E-state index in [0.29, 0.717) is 0 Å². The normalized spacial score (nSPS) is 25.6. The van der Waals surface area contributed by atoms with Crippen molar-refractivity contribution in [2.45, 2.75) is 177 Å². The van der Waals surface area contributed by atoms with E-state index in [1.807, 2.05) is 10.9 Å². The zero-order valence-electron chi connectivity index (χ0n) is 24.5. The van der Waals surface area contributed by atoms with Gasteiger partial charge >= 0.3 is 0 Å². The van der Waals surface area contributed by atoms with Gasteiger partial charge in [0.1, 0.15) is 0 Å². The number of allylic oxidation sites excluding steroid dienone is 2. The molecule has 1 aromatic rings. The summed E-state index contributed by atoms with van der Waals surface area (Å²) in [5.74, 6) is 0. The zero-order valence-corrected chi connectivity index (χ0v) is 26.3. The standard InChI is InChI=1S/C36H56P2/c1-5-18-31(19-6-1)37(32-20-7-2-8-21-32)35-26-14-13-16-29(35)28-30-17-15-27-36(30)38(33-22-9-3-10-23-33)34-24-11-4-12-25-34/h13-14,16,26,31-34H,1-12,15,17-25,27-28H2. The fourth-order valence-corrected chi connectivity index (χ4v) is 17.6. The summed E-state index contributed by atoms with van der Waals surface area (Å²) in [5.41, 5.74) is 7.92. The van der Waals surface area contributed by atoms with Crippen LogP contribution in [0.3, 0.4) is 0 Å². The minimum atomic E-state index is -0.00428. The number of benzene rings is 1. The van der Waals surface area contributed by atoms with E-state index in [0.717, 1.165) is 22.6 Å². The summed E-state index contributed by atoms with van der Waals surface area (Å²) in [6, 6.07) is 10.1. The predicted molar refractivity (Wildman–Crippen MR) is 172 cm³/mol. The maximum absolute atomic E-state index is 2.64. The van der Waals surface area contributed by atoms with Crippen LogP contribution in [0.15, 0.2) is 35.2 Å². The predicted octanol–water partition coefficient (Wildman–Crippen LogP) is 11.6. The Morgan fingerprint density at radius 1 is 0.474 bits per heavy atom. The summed E-state index contributed by atoms with van der Waals surface area (Å²) in [4.78, 5) is 0. The minimum absolute atomic E-state index is 0.00428. The Kier molecular flexibility index (Phi) is 10.4. The molecular formula is C36H56P2.